The van der Waals surface area contributed by atoms with Crippen LogP contribution in [0.1, 0.15) is 18.9 Å². The molecule has 2 heterocycles. The van der Waals surface area contributed by atoms with Crippen LogP contribution >= 0.6 is 23.2 Å². The third-order valence-corrected chi connectivity index (χ3v) is 5.44. The zero-order valence-corrected chi connectivity index (χ0v) is 16.8. The molecule has 2 aliphatic rings. The summed E-state index contributed by atoms with van der Waals surface area (Å²) in [7, 11) is 0. The van der Waals surface area contributed by atoms with E-state index in [1.165, 1.54) is 4.90 Å². The zero-order chi connectivity index (χ0) is 19.6. The topological polar surface area (TPSA) is 64.1 Å². The number of β-amino-alcohol motifs (C(OH)–C–C–N with tert-alkyl or cyclic N) is 1. The SMILES string of the molecule is CCCN1C(=O)C(c2ccc(Cl)cc2Cl)=C(N2CCN(CCO)CC2)C1=O. The third kappa shape index (κ3) is 3.99. The van der Waals surface area contributed by atoms with Crippen LogP contribution in [0.2, 0.25) is 10.0 Å². The standard InChI is InChI=1S/C19H23Cl2N3O3/c1-2-5-24-18(26)16(14-4-3-13(20)12-15(14)21)17(19(24)27)23-8-6-22(7-9-23)10-11-25/h3-4,12,25H,2,5-11H2,1H3. The molecule has 8 heteroatoms. The molecule has 2 aliphatic heterocycles. The minimum Gasteiger partial charge on any atom is -0.395 e. The summed E-state index contributed by atoms with van der Waals surface area (Å²) in [5.74, 6) is -0.572. The van der Waals surface area contributed by atoms with E-state index in [2.05, 4.69) is 4.90 Å². The molecule has 0 atom stereocenters. The summed E-state index contributed by atoms with van der Waals surface area (Å²) >= 11 is 12.4. The molecule has 1 aromatic rings. The number of hydrogen-bond acceptors (Lipinski definition) is 5. The van der Waals surface area contributed by atoms with E-state index in [9.17, 15) is 9.59 Å². The van der Waals surface area contributed by atoms with Crippen molar-refractivity contribution in [2.24, 2.45) is 0 Å². The Kier molecular flexibility index (Phi) is 6.42. The summed E-state index contributed by atoms with van der Waals surface area (Å²) in [6.07, 6.45) is 0.691. The lowest BCUT2D eigenvalue weighted by atomic mass is 10.0. The van der Waals surface area contributed by atoms with Gasteiger partial charge in [0.15, 0.2) is 0 Å². The second-order valence-corrected chi connectivity index (χ2v) is 7.51. The van der Waals surface area contributed by atoms with Crippen LogP contribution in [0.3, 0.4) is 0 Å². The van der Waals surface area contributed by atoms with Crippen molar-refractivity contribution in [2.75, 3.05) is 45.9 Å². The number of rotatable bonds is 6. The van der Waals surface area contributed by atoms with Crippen molar-refractivity contribution < 1.29 is 14.7 Å². The van der Waals surface area contributed by atoms with Gasteiger partial charge in [-0.05, 0) is 18.6 Å². The second kappa shape index (κ2) is 8.61. The molecule has 3 rings (SSSR count). The zero-order valence-electron chi connectivity index (χ0n) is 15.3. The van der Waals surface area contributed by atoms with Gasteiger partial charge in [0.1, 0.15) is 5.70 Å². The first-order chi connectivity index (χ1) is 13.0. The molecule has 27 heavy (non-hydrogen) atoms. The highest BCUT2D eigenvalue weighted by Gasteiger charge is 2.42. The maximum atomic E-state index is 13.1. The van der Waals surface area contributed by atoms with Crippen molar-refractivity contribution >= 4 is 40.6 Å². The molecule has 0 radical (unpaired) electrons. The smallest absolute Gasteiger partial charge is 0.277 e. The van der Waals surface area contributed by atoms with Gasteiger partial charge in [-0.25, -0.2) is 0 Å². The van der Waals surface area contributed by atoms with Crippen molar-refractivity contribution in [1.29, 1.82) is 0 Å². The molecule has 146 valence electrons. The van der Waals surface area contributed by atoms with E-state index in [-0.39, 0.29) is 18.4 Å². The van der Waals surface area contributed by atoms with Crippen LogP contribution in [0.4, 0.5) is 0 Å². The van der Waals surface area contributed by atoms with Gasteiger partial charge in [0.2, 0.25) is 0 Å². The van der Waals surface area contributed by atoms with Gasteiger partial charge >= 0.3 is 0 Å². The third-order valence-electron chi connectivity index (χ3n) is 4.90. The van der Waals surface area contributed by atoms with Gasteiger partial charge in [-0.15, -0.1) is 0 Å². The molecule has 0 spiro atoms. The number of aliphatic hydroxyl groups excluding tert-OH is 1. The Bertz CT molecular complexity index is 773. The molecule has 1 saturated heterocycles. The number of aliphatic hydroxyl groups is 1. The first-order valence-electron chi connectivity index (χ1n) is 9.12. The fourth-order valence-corrected chi connectivity index (χ4v) is 4.06. The van der Waals surface area contributed by atoms with Crippen molar-refractivity contribution in [2.45, 2.75) is 13.3 Å². The van der Waals surface area contributed by atoms with Crippen molar-refractivity contribution in [1.82, 2.24) is 14.7 Å². The molecule has 2 amide bonds. The van der Waals surface area contributed by atoms with E-state index in [4.69, 9.17) is 28.3 Å². The molecule has 0 aromatic heterocycles. The number of carbonyl (C=O) groups excluding carboxylic acids is 2. The number of carbonyl (C=O) groups is 2. The van der Waals surface area contributed by atoms with Crippen LogP contribution in [-0.2, 0) is 9.59 Å². The first kappa shape index (κ1) is 20.1. The average molecular weight is 412 g/mol. The fraction of sp³-hybridized carbons (Fsp3) is 0.474. The summed E-state index contributed by atoms with van der Waals surface area (Å²) in [5, 5.41) is 9.95. The minimum atomic E-state index is -0.307. The normalized spacial score (nSPS) is 18.8. The van der Waals surface area contributed by atoms with Crippen LogP contribution in [0, 0.1) is 0 Å². The number of piperazine rings is 1. The second-order valence-electron chi connectivity index (χ2n) is 6.66. The van der Waals surface area contributed by atoms with Crippen LogP contribution in [0.15, 0.2) is 23.9 Å². The van der Waals surface area contributed by atoms with E-state index in [0.29, 0.717) is 59.5 Å². The Labute approximate surface area is 168 Å². The van der Waals surface area contributed by atoms with Gasteiger partial charge < -0.3 is 10.0 Å². The van der Waals surface area contributed by atoms with E-state index in [1.54, 1.807) is 18.2 Å². The maximum Gasteiger partial charge on any atom is 0.277 e. The van der Waals surface area contributed by atoms with Crippen LogP contribution in [-0.4, -0.2) is 77.5 Å². The summed E-state index contributed by atoms with van der Waals surface area (Å²) < 4.78 is 0. The monoisotopic (exact) mass is 411 g/mol. The number of benzene rings is 1. The molecule has 0 saturated carbocycles. The Morgan fingerprint density at radius 1 is 1.04 bits per heavy atom. The van der Waals surface area contributed by atoms with Crippen molar-refractivity contribution in [3.05, 3.63) is 39.5 Å². The Balaban J connectivity index is 2.00. The van der Waals surface area contributed by atoms with E-state index < -0.39 is 0 Å². The van der Waals surface area contributed by atoms with Gasteiger partial charge in [-0.1, -0.05) is 36.2 Å². The molecule has 6 nitrogen and oxygen atoms in total. The number of imide groups is 1. The van der Waals surface area contributed by atoms with Crippen LogP contribution in [0.5, 0.6) is 0 Å². The predicted octanol–water partition coefficient (Wildman–Crippen LogP) is 2.09. The molecular formula is C19H23Cl2N3O3. The minimum absolute atomic E-state index is 0.107. The largest absolute Gasteiger partial charge is 0.395 e. The van der Waals surface area contributed by atoms with Gasteiger partial charge in [0.05, 0.1) is 17.2 Å². The van der Waals surface area contributed by atoms with Crippen LogP contribution in [0.25, 0.3) is 5.57 Å². The lowest BCUT2D eigenvalue weighted by Gasteiger charge is -2.36. The van der Waals surface area contributed by atoms with Crippen molar-refractivity contribution in [3.63, 3.8) is 0 Å². The predicted molar refractivity (Wildman–Crippen MR) is 105 cm³/mol. The van der Waals surface area contributed by atoms with Gasteiger partial charge in [-0.2, -0.15) is 0 Å². The Hall–Kier alpha value is -1.60. The number of halogens is 2. The number of hydrogen-bond donors (Lipinski definition) is 1. The fourth-order valence-electron chi connectivity index (χ4n) is 3.55. The highest BCUT2D eigenvalue weighted by atomic mass is 35.5. The van der Waals surface area contributed by atoms with Gasteiger partial charge in [0.25, 0.3) is 11.8 Å². The van der Waals surface area contributed by atoms with E-state index >= 15 is 0 Å². The molecule has 0 bridgehead atoms. The quantitative estimate of drug-likeness (QED) is 0.726. The molecule has 0 unspecified atom stereocenters. The van der Waals surface area contributed by atoms with E-state index in [1.807, 2.05) is 11.8 Å². The summed E-state index contributed by atoms with van der Waals surface area (Å²) in [5.41, 5.74) is 1.30. The number of nitrogens with zero attached hydrogens (tertiary/aromatic N) is 3. The lowest BCUT2D eigenvalue weighted by Crippen LogP contribution is -2.48. The van der Waals surface area contributed by atoms with E-state index in [0.717, 1.165) is 13.1 Å². The molecular weight excluding hydrogens is 389 g/mol. The Morgan fingerprint density at radius 2 is 1.74 bits per heavy atom. The van der Waals surface area contributed by atoms with Crippen LogP contribution < -0.4 is 0 Å². The molecule has 1 N–H and O–H groups in total. The highest BCUT2D eigenvalue weighted by molar-refractivity contribution is 6.41. The van der Waals surface area contributed by atoms with Crippen molar-refractivity contribution in [3.8, 4) is 0 Å². The van der Waals surface area contributed by atoms with Gasteiger partial charge in [-0.3, -0.25) is 19.4 Å². The average Bonchev–Trinajstić information content (AvgIpc) is 2.88. The van der Waals surface area contributed by atoms with Gasteiger partial charge in [0, 0.05) is 49.9 Å². The molecule has 0 aliphatic carbocycles. The first-order valence-corrected chi connectivity index (χ1v) is 9.87. The molecule has 1 fully saturated rings. The lowest BCUT2D eigenvalue weighted by molar-refractivity contribution is -0.137. The summed E-state index contributed by atoms with van der Waals surface area (Å²) in [6.45, 7) is 5.70. The highest BCUT2D eigenvalue weighted by Crippen LogP contribution is 2.36. The number of amides is 2. The molecule has 1 aromatic carbocycles. The summed E-state index contributed by atoms with van der Waals surface area (Å²) in [6, 6.07) is 4.96. The maximum absolute atomic E-state index is 13.1. The summed E-state index contributed by atoms with van der Waals surface area (Å²) in [4.78, 5) is 31.5. The Morgan fingerprint density at radius 3 is 2.33 bits per heavy atom.